The molecular formula is C8H17NO2. The zero-order chi connectivity index (χ0) is 8.10. The van der Waals surface area contributed by atoms with Crippen LogP contribution in [0.2, 0.25) is 0 Å². The Balaban J connectivity index is 2.05. The van der Waals surface area contributed by atoms with Crippen molar-refractivity contribution in [3.63, 3.8) is 0 Å². The molecule has 1 fully saturated rings. The Morgan fingerprint density at radius 3 is 2.91 bits per heavy atom. The first-order valence-corrected chi connectivity index (χ1v) is 4.22. The zero-order valence-corrected chi connectivity index (χ0v) is 7.05. The molecule has 66 valence electrons. The Morgan fingerprint density at radius 1 is 1.55 bits per heavy atom. The molecule has 0 unspecified atom stereocenters. The highest BCUT2D eigenvalue weighted by atomic mass is 16.5. The van der Waals surface area contributed by atoms with Crippen LogP contribution in [-0.4, -0.2) is 38.0 Å². The Labute approximate surface area is 67.7 Å². The average Bonchev–Trinajstić information content (AvgIpc) is 2.37. The lowest BCUT2D eigenvalue weighted by Gasteiger charge is -2.11. The number of nitrogens with one attached hydrogen (secondary N) is 1. The molecule has 1 saturated heterocycles. The van der Waals surface area contributed by atoms with Gasteiger partial charge in [-0.05, 0) is 18.8 Å². The van der Waals surface area contributed by atoms with E-state index >= 15 is 0 Å². The summed E-state index contributed by atoms with van der Waals surface area (Å²) in [6, 6.07) is 0. The van der Waals surface area contributed by atoms with E-state index in [0.29, 0.717) is 5.92 Å². The Kier molecular flexibility index (Phi) is 3.83. The summed E-state index contributed by atoms with van der Waals surface area (Å²) >= 11 is 0. The molecule has 0 aromatic carbocycles. The first-order chi connectivity index (χ1) is 5.34. The Morgan fingerprint density at radius 2 is 2.36 bits per heavy atom. The standard InChI is InChI=1S/C8H17NO2/c1-11-4-2-3-7-5-9-6-8(7)10/h7-10H,2-6H2,1H3/t7-,8-/m1/s1. The number of rotatable bonds is 4. The number of methoxy groups -OCH3 is 1. The third-order valence-corrected chi connectivity index (χ3v) is 2.23. The second-order valence-corrected chi connectivity index (χ2v) is 3.12. The number of aliphatic hydroxyl groups excluding tert-OH is 1. The molecule has 0 aromatic heterocycles. The van der Waals surface area contributed by atoms with E-state index in [0.717, 1.165) is 32.5 Å². The van der Waals surface area contributed by atoms with Gasteiger partial charge in [0.15, 0.2) is 0 Å². The van der Waals surface area contributed by atoms with Crippen molar-refractivity contribution in [2.24, 2.45) is 5.92 Å². The van der Waals surface area contributed by atoms with Gasteiger partial charge in [-0.25, -0.2) is 0 Å². The molecule has 0 amide bonds. The quantitative estimate of drug-likeness (QED) is 0.567. The SMILES string of the molecule is COCCC[C@@H]1CNC[C@H]1O. The van der Waals surface area contributed by atoms with Gasteiger partial charge in [0.25, 0.3) is 0 Å². The van der Waals surface area contributed by atoms with Crippen LogP contribution in [0.15, 0.2) is 0 Å². The maximum absolute atomic E-state index is 9.38. The summed E-state index contributed by atoms with van der Waals surface area (Å²) < 4.78 is 4.93. The summed E-state index contributed by atoms with van der Waals surface area (Å²) in [6.45, 7) is 2.53. The van der Waals surface area contributed by atoms with Gasteiger partial charge in [-0.15, -0.1) is 0 Å². The summed E-state index contributed by atoms with van der Waals surface area (Å²) in [5.74, 6) is 0.449. The lowest BCUT2D eigenvalue weighted by molar-refractivity contribution is 0.129. The molecular weight excluding hydrogens is 142 g/mol. The molecule has 0 radical (unpaired) electrons. The van der Waals surface area contributed by atoms with Gasteiger partial charge in [-0.2, -0.15) is 0 Å². The number of ether oxygens (including phenoxy) is 1. The number of hydrogen-bond acceptors (Lipinski definition) is 3. The fourth-order valence-corrected chi connectivity index (χ4v) is 1.50. The third-order valence-electron chi connectivity index (χ3n) is 2.23. The molecule has 2 N–H and O–H groups in total. The predicted octanol–water partition coefficient (Wildman–Crippen LogP) is -0.00670. The summed E-state index contributed by atoms with van der Waals surface area (Å²) in [5.41, 5.74) is 0. The second kappa shape index (κ2) is 4.70. The van der Waals surface area contributed by atoms with Gasteiger partial charge >= 0.3 is 0 Å². The van der Waals surface area contributed by atoms with E-state index in [4.69, 9.17) is 4.74 Å². The minimum Gasteiger partial charge on any atom is -0.391 e. The molecule has 1 heterocycles. The van der Waals surface area contributed by atoms with Gasteiger partial charge < -0.3 is 15.2 Å². The van der Waals surface area contributed by atoms with Crippen molar-refractivity contribution < 1.29 is 9.84 Å². The molecule has 3 heteroatoms. The Bertz CT molecular complexity index is 108. The summed E-state index contributed by atoms with van der Waals surface area (Å²) in [5, 5.41) is 12.5. The van der Waals surface area contributed by atoms with E-state index in [-0.39, 0.29) is 6.10 Å². The van der Waals surface area contributed by atoms with E-state index in [9.17, 15) is 5.11 Å². The minimum atomic E-state index is -0.133. The zero-order valence-electron chi connectivity index (χ0n) is 7.05. The van der Waals surface area contributed by atoms with Crippen molar-refractivity contribution in [1.82, 2.24) is 5.32 Å². The van der Waals surface area contributed by atoms with Crippen LogP contribution in [0.4, 0.5) is 0 Å². The fraction of sp³-hybridized carbons (Fsp3) is 1.00. The van der Waals surface area contributed by atoms with Crippen LogP contribution in [-0.2, 0) is 4.74 Å². The van der Waals surface area contributed by atoms with Crippen molar-refractivity contribution in [2.75, 3.05) is 26.8 Å². The molecule has 0 aromatic rings. The average molecular weight is 159 g/mol. The smallest absolute Gasteiger partial charge is 0.0704 e. The van der Waals surface area contributed by atoms with Crippen LogP contribution < -0.4 is 5.32 Å². The van der Waals surface area contributed by atoms with Gasteiger partial charge in [-0.3, -0.25) is 0 Å². The summed E-state index contributed by atoms with van der Waals surface area (Å²) in [6.07, 6.45) is 1.99. The number of β-amino-alcohol motifs (C(OH)–C–C–N with tert-alkyl or cyclic N) is 1. The van der Waals surface area contributed by atoms with Crippen LogP contribution >= 0.6 is 0 Å². The molecule has 0 bridgehead atoms. The van der Waals surface area contributed by atoms with E-state index in [1.165, 1.54) is 0 Å². The van der Waals surface area contributed by atoms with Crippen molar-refractivity contribution in [2.45, 2.75) is 18.9 Å². The van der Waals surface area contributed by atoms with E-state index in [1.54, 1.807) is 7.11 Å². The van der Waals surface area contributed by atoms with Gasteiger partial charge in [0, 0.05) is 26.8 Å². The van der Waals surface area contributed by atoms with E-state index < -0.39 is 0 Å². The van der Waals surface area contributed by atoms with Crippen LogP contribution in [0.25, 0.3) is 0 Å². The maximum Gasteiger partial charge on any atom is 0.0704 e. The molecule has 0 saturated carbocycles. The van der Waals surface area contributed by atoms with Gasteiger partial charge in [0.2, 0.25) is 0 Å². The highest BCUT2D eigenvalue weighted by Crippen LogP contribution is 2.14. The second-order valence-electron chi connectivity index (χ2n) is 3.12. The molecule has 3 nitrogen and oxygen atoms in total. The number of aliphatic hydroxyl groups is 1. The number of hydrogen-bond donors (Lipinski definition) is 2. The van der Waals surface area contributed by atoms with E-state index in [1.807, 2.05) is 0 Å². The molecule has 1 aliphatic rings. The van der Waals surface area contributed by atoms with Crippen LogP contribution in [0.1, 0.15) is 12.8 Å². The Hall–Kier alpha value is -0.120. The monoisotopic (exact) mass is 159 g/mol. The van der Waals surface area contributed by atoms with Crippen molar-refractivity contribution in [3.05, 3.63) is 0 Å². The molecule has 1 rings (SSSR count). The fourth-order valence-electron chi connectivity index (χ4n) is 1.50. The van der Waals surface area contributed by atoms with E-state index in [2.05, 4.69) is 5.32 Å². The highest BCUT2D eigenvalue weighted by molar-refractivity contribution is 4.79. The lowest BCUT2D eigenvalue weighted by Crippen LogP contribution is -2.18. The topological polar surface area (TPSA) is 41.5 Å². The summed E-state index contributed by atoms with van der Waals surface area (Å²) in [7, 11) is 1.71. The van der Waals surface area contributed by atoms with Gasteiger partial charge in [0.05, 0.1) is 6.10 Å². The molecule has 0 spiro atoms. The van der Waals surface area contributed by atoms with Crippen LogP contribution in [0.3, 0.4) is 0 Å². The molecule has 1 aliphatic heterocycles. The van der Waals surface area contributed by atoms with Crippen LogP contribution in [0.5, 0.6) is 0 Å². The lowest BCUT2D eigenvalue weighted by atomic mass is 10.0. The maximum atomic E-state index is 9.38. The van der Waals surface area contributed by atoms with Crippen molar-refractivity contribution in [1.29, 1.82) is 0 Å². The first kappa shape index (κ1) is 8.97. The third kappa shape index (κ3) is 2.77. The van der Waals surface area contributed by atoms with Gasteiger partial charge in [0.1, 0.15) is 0 Å². The highest BCUT2D eigenvalue weighted by Gasteiger charge is 2.23. The first-order valence-electron chi connectivity index (χ1n) is 4.22. The minimum absolute atomic E-state index is 0.133. The predicted molar refractivity (Wildman–Crippen MR) is 43.5 cm³/mol. The molecule has 0 aliphatic carbocycles. The molecule has 11 heavy (non-hydrogen) atoms. The van der Waals surface area contributed by atoms with Crippen molar-refractivity contribution in [3.8, 4) is 0 Å². The van der Waals surface area contributed by atoms with Gasteiger partial charge in [-0.1, -0.05) is 0 Å². The summed E-state index contributed by atoms with van der Waals surface area (Å²) in [4.78, 5) is 0. The van der Waals surface area contributed by atoms with Crippen LogP contribution in [0, 0.1) is 5.92 Å². The molecule has 2 atom stereocenters. The largest absolute Gasteiger partial charge is 0.391 e. The normalized spacial score (nSPS) is 31.1. The van der Waals surface area contributed by atoms with Crippen molar-refractivity contribution >= 4 is 0 Å².